The van der Waals surface area contributed by atoms with Gasteiger partial charge in [-0.05, 0) is 46.7 Å². The minimum atomic E-state index is -0.841. The van der Waals surface area contributed by atoms with Crippen molar-refractivity contribution in [2.24, 2.45) is 0 Å². The van der Waals surface area contributed by atoms with E-state index in [0.29, 0.717) is 24.1 Å². The highest BCUT2D eigenvalue weighted by molar-refractivity contribution is 14.1. The molecule has 0 aliphatic carbocycles. The first kappa shape index (κ1) is 16.3. The summed E-state index contributed by atoms with van der Waals surface area (Å²) in [6.45, 7) is 2.94. The van der Waals surface area contributed by atoms with E-state index in [4.69, 9.17) is 15.2 Å². The lowest BCUT2D eigenvalue weighted by molar-refractivity contribution is 0.174. The zero-order valence-corrected chi connectivity index (χ0v) is 15.6. The molecule has 0 bridgehead atoms. The molecule has 1 aliphatic rings. The maximum absolute atomic E-state index is 13.6. The predicted molar refractivity (Wildman–Crippen MR) is 98.1 cm³/mol. The number of anilines is 1. The SMILES string of the molecule is CCCn1c(Cc2cc3c(cc2I)OCO3)nc2c(N)nc(F)nc21. The summed E-state index contributed by atoms with van der Waals surface area (Å²) in [4.78, 5) is 12.0. The molecule has 9 heteroatoms. The van der Waals surface area contributed by atoms with Gasteiger partial charge in [0.15, 0.2) is 28.5 Å². The Morgan fingerprint density at radius 3 is 2.76 bits per heavy atom. The van der Waals surface area contributed by atoms with Crippen molar-refractivity contribution in [2.45, 2.75) is 26.3 Å². The Balaban J connectivity index is 1.81. The number of nitrogens with zero attached hydrogens (tertiary/aromatic N) is 4. The summed E-state index contributed by atoms with van der Waals surface area (Å²) in [6, 6.07) is 3.90. The van der Waals surface area contributed by atoms with Gasteiger partial charge in [0.25, 0.3) is 0 Å². The van der Waals surface area contributed by atoms with Crippen molar-refractivity contribution in [3.05, 3.63) is 33.2 Å². The largest absolute Gasteiger partial charge is 0.454 e. The third-order valence-electron chi connectivity index (χ3n) is 4.01. The average Bonchev–Trinajstić information content (AvgIpc) is 3.14. The molecule has 0 amide bonds. The molecular formula is C16H15FIN5O2. The summed E-state index contributed by atoms with van der Waals surface area (Å²) in [5.74, 6) is 2.28. The molecule has 0 saturated carbocycles. The minimum absolute atomic E-state index is 0.0546. The quantitative estimate of drug-likeness (QED) is 0.481. The van der Waals surface area contributed by atoms with E-state index in [1.807, 2.05) is 23.6 Å². The molecule has 3 aromatic rings. The van der Waals surface area contributed by atoms with E-state index in [1.54, 1.807) is 0 Å². The topological polar surface area (TPSA) is 88.1 Å². The maximum atomic E-state index is 13.6. The van der Waals surface area contributed by atoms with Gasteiger partial charge in [0.05, 0.1) is 0 Å². The van der Waals surface area contributed by atoms with Crippen LogP contribution in [0.5, 0.6) is 11.5 Å². The summed E-state index contributed by atoms with van der Waals surface area (Å²) in [7, 11) is 0. The molecule has 3 heterocycles. The van der Waals surface area contributed by atoms with Crippen LogP contribution in [0, 0.1) is 9.65 Å². The summed E-state index contributed by atoms with van der Waals surface area (Å²) >= 11 is 2.26. The molecule has 1 aliphatic heterocycles. The number of imidazole rings is 1. The molecule has 2 N–H and O–H groups in total. The van der Waals surface area contributed by atoms with Crippen LogP contribution < -0.4 is 15.2 Å². The monoisotopic (exact) mass is 455 g/mol. The first-order valence-electron chi connectivity index (χ1n) is 7.83. The van der Waals surface area contributed by atoms with Crippen molar-refractivity contribution in [1.29, 1.82) is 0 Å². The Kier molecular flexibility index (Phi) is 4.10. The summed E-state index contributed by atoms with van der Waals surface area (Å²) in [5, 5.41) is 0. The Hall–Kier alpha value is -2.17. The number of fused-ring (bicyclic) bond motifs is 2. The van der Waals surface area contributed by atoms with E-state index in [0.717, 1.165) is 32.9 Å². The first-order chi connectivity index (χ1) is 12.1. The Morgan fingerprint density at radius 2 is 2.00 bits per heavy atom. The van der Waals surface area contributed by atoms with E-state index < -0.39 is 6.08 Å². The van der Waals surface area contributed by atoms with E-state index in [-0.39, 0.29) is 12.6 Å². The van der Waals surface area contributed by atoms with Gasteiger partial charge >= 0.3 is 6.08 Å². The first-order valence-corrected chi connectivity index (χ1v) is 8.90. The van der Waals surface area contributed by atoms with Crippen LogP contribution in [-0.4, -0.2) is 26.3 Å². The van der Waals surface area contributed by atoms with Gasteiger partial charge < -0.3 is 19.8 Å². The molecule has 4 rings (SSSR count). The Bertz CT molecular complexity index is 975. The van der Waals surface area contributed by atoms with Gasteiger partial charge in [-0.3, -0.25) is 0 Å². The molecule has 25 heavy (non-hydrogen) atoms. The number of nitrogen functional groups attached to an aromatic ring is 1. The van der Waals surface area contributed by atoms with Crippen molar-refractivity contribution in [3.8, 4) is 11.5 Å². The fraction of sp³-hybridized carbons (Fsp3) is 0.312. The van der Waals surface area contributed by atoms with Crippen LogP contribution in [0.4, 0.5) is 10.2 Å². The van der Waals surface area contributed by atoms with E-state index in [1.165, 1.54) is 0 Å². The number of ether oxygens (including phenoxy) is 2. The third kappa shape index (κ3) is 2.86. The zero-order valence-electron chi connectivity index (χ0n) is 13.4. The molecule has 0 saturated heterocycles. The maximum Gasteiger partial charge on any atom is 0.312 e. The van der Waals surface area contributed by atoms with Gasteiger partial charge in [0.2, 0.25) is 6.79 Å². The normalized spacial score (nSPS) is 12.9. The number of aromatic nitrogens is 4. The Labute approximate surface area is 156 Å². The lowest BCUT2D eigenvalue weighted by Crippen LogP contribution is -2.06. The summed E-state index contributed by atoms with van der Waals surface area (Å²) in [6.07, 6.45) is 0.570. The molecule has 7 nitrogen and oxygen atoms in total. The summed E-state index contributed by atoms with van der Waals surface area (Å²) < 4.78 is 27.4. The van der Waals surface area contributed by atoms with Crippen LogP contribution in [0.25, 0.3) is 11.2 Å². The second-order valence-electron chi connectivity index (χ2n) is 5.70. The molecule has 0 spiro atoms. The average molecular weight is 455 g/mol. The highest BCUT2D eigenvalue weighted by Crippen LogP contribution is 2.36. The van der Waals surface area contributed by atoms with E-state index in [9.17, 15) is 4.39 Å². The molecule has 0 unspecified atom stereocenters. The highest BCUT2D eigenvalue weighted by atomic mass is 127. The van der Waals surface area contributed by atoms with Crippen LogP contribution in [0.3, 0.4) is 0 Å². The number of rotatable bonds is 4. The lowest BCUT2D eigenvalue weighted by atomic mass is 10.1. The number of hydrogen-bond acceptors (Lipinski definition) is 6. The fourth-order valence-corrected chi connectivity index (χ4v) is 3.53. The molecule has 1 aromatic carbocycles. The van der Waals surface area contributed by atoms with E-state index >= 15 is 0 Å². The predicted octanol–water partition coefficient (Wildman–Crippen LogP) is 2.88. The van der Waals surface area contributed by atoms with Crippen molar-refractivity contribution in [3.63, 3.8) is 0 Å². The second-order valence-corrected chi connectivity index (χ2v) is 6.87. The van der Waals surface area contributed by atoms with Gasteiger partial charge in [0, 0.05) is 16.5 Å². The number of hydrogen-bond donors (Lipinski definition) is 1. The number of halogens is 2. The van der Waals surface area contributed by atoms with Crippen molar-refractivity contribution in [1.82, 2.24) is 19.5 Å². The highest BCUT2D eigenvalue weighted by Gasteiger charge is 2.20. The lowest BCUT2D eigenvalue weighted by Gasteiger charge is -2.09. The number of benzene rings is 1. The molecule has 0 radical (unpaired) electrons. The van der Waals surface area contributed by atoms with Gasteiger partial charge in [-0.15, -0.1) is 0 Å². The minimum Gasteiger partial charge on any atom is -0.454 e. The van der Waals surface area contributed by atoms with Crippen LogP contribution in [0.15, 0.2) is 12.1 Å². The van der Waals surface area contributed by atoms with Crippen molar-refractivity contribution in [2.75, 3.05) is 12.5 Å². The zero-order chi connectivity index (χ0) is 17.6. The standard InChI is InChI=1S/C16H15FIN5O2/c1-2-3-23-12(20-13-14(19)21-16(17)22-15(13)23)5-8-4-10-11(6-9(8)18)25-7-24-10/h4,6H,2-3,5,7H2,1H3,(H2,19,21,22). The molecular weight excluding hydrogens is 440 g/mol. The van der Waals surface area contributed by atoms with Crippen molar-refractivity contribution >= 4 is 39.6 Å². The molecule has 130 valence electrons. The van der Waals surface area contributed by atoms with E-state index in [2.05, 4.69) is 37.5 Å². The molecule has 0 atom stereocenters. The van der Waals surface area contributed by atoms with Gasteiger partial charge in [-0.25, -0.2) is 4.98 Å². The molecule has 2 aromatic heterocycles. The van der Waals surface area contributed by atoms with Crippen molar-refractivity contribution < 1.29 is 13.9 Å². The Morgan fingerprint density at radius 1 is 1.24 bits per heavy atom. The van der Waals surface area contributed by atoms with Gasteiger partial charge in [-0.1, -0.05) is 6.92 Å². The fourth-order valence-electron chi connectivity index (χ4n) is 2.90. The van der Waals surface area contributed by atoms with Crippen LogP contribution in [0.1, 0.15) is 24.7 Å². The number of aryl methyl sites for hydroxylation is 1. The van der Waals surface area contributed by atoms with Crippen LogP contribution in [-0.2, 0) is 13.0 Å². The smallest absolute Gasteiger partial charge is 0.312 e. The second kappa shape index (κ2) is 6.28. The van der Waals surface area contributed by atoms with Crippen LogP contribution in [0.2, 0.25) is 0 Å². The summed E-state index contributed by atoms with van der Waals surface area (Å²) in [5.41, 5.74) is 7.73. The number of nitrogens with two attached hydrogens (primary N) is 1. The van der Waals surface area contributed by atoms with Gasteiger partial charge in [0.1, 0.15) is 5.82 Å². The van der Waals surface area contributed by atoms with Crippen LogP contribution >= 0.6 is 22.6 Å². The van der Waals surface area contributed by atoms with Gasteiger partial charge in [-0.2, -0.15) is 14.4 Å². The molecule has 0 fully saturated rings. The third-order valence-corrected chi connectivity index (χ3v) is 5.01.